The molecule has 0 bridgehead atoms. The fourth-order valence-electron chi connectivity index (χ4n) is 2.28. The molecule has 2 N–H and O–H groups in total. The summed E-state index contributed by atoms with van der Waals surface area (Å²) in [5, 5.41) is 0.0979. The van der Waals surface area contributed by atoms with Crippen LogP contribution in [-0.4, -0.2) is 23.3 Å². The van der Waals surface area contributed by atoms with Gasteiger partial charge in [0.25, 0.3) is 0 Å². The van der Waals surface area contributed by atoms with Gasteiger partial charge in [-0.2, -0.15) is 0 Å². The summed E-state index contributed by atoms with van der Waals surface area (Å²) in [6.45, 7) is 4.17. The number of carbonyl (C=O) groups excluding carboxylic acids is 2. The first kappa shape index (κ1) is 13.9. The lowest BCUT2D eigenvalue weighted by molar-refractivity contribution is -0.117. The van der Waals surface area contributed by atoms with E-state index in [1.165, 1.54) is 11.8 Å². The molecule has 19 heavy (non-hydrogen) atoms. The molecule has 1 heterocycles. The normalized spacial score (nSPS) is 18.9. The summed E-state index contributed by atoms with van der Waals surface area (Å²) >= 11 is 1.29. The third-order valence-corrected chi connectivity index (χ3v) is 4.25. The van der Waals surface area contributed by atoms with E-state index in [1.807, 2.05) is 25.1 Å². The number of hydrogen-bond acceptors (Lipinski definition) is 4. The van der Waals surface area contributed by atoms with E-state index >= 15 is 0 Å². The van der Waals surface area contributed by atoms with Crippen LogP contribution in [0.25, 0.3) is 0 Å². The molecule has 0 spiro atoms. The first-order valence-electron chi connectivity index (χ1n) is 6.27. The predicted octanol–water partition coefficient (Wildman–Crippen LogP) is 2.21. The number of hydrogen-bond donors (Lipinski definition) is 1. The highest BCUT2D eigenvalue weighted by Gasteiger charge is 2.31. The summed E-state index contributed by atoms with van der Waals surface area (Å²) in [5.74, 6) is 1.01. The second-order valence-electron chi connectivity index (χ2n) is 4.94. The minimum atomic E-state index is 0.0877. The Morgan fingerprint density at radius 1 is 1.53 bits per heavy atom. The third-order valence-electron chi connectivity index (χ3n) is 3.20. The Labute approximate surface area is 117 Å². The molecular formula is C14H18N2O2S. The number of nitrogens with two attached hydrogens (primary N) is 1. The van der Waals surface area contributed by atoms with Crippen LogP contribution in [0.4, 0.5) is 11.4 Å². The summed E-state index contributed by atoms with van der Waals surface area (Å²) in [6.07, 6.45) is 0.494. The van der Waals surface area contributed by atoms with Crippen LogP contribution in [0, 0.1) is 12.8 Å². The van der Waals surface area contributed by atoms with Crippen LogP contribution in [0.5, 0.6) is 0 Å². The summed E-state index contributed by atoms with van der Waals surface area (Å²) < 4.78 is 0. The van der Waals surface area contributed by atoms with Crippen LogP contribution >= 0.6 is 11.8 Å². The second-order valence-corrected chi connectivity index (χ2v) is 6.14. The van der Waals surface area contributed by atoms with Crippen LogP contribution in [-0.2, 0) is 9.59 Å². The highest BCUT2D eigenvalue weighted by atomic mass is 32.2. The Morgan fingerprint density at radius 2 is 2.26 bits per heavy atom. The van der Waals surface area contributed by atoms with Gasteiger partial charge in [-0.15, -0.1) is 0 Å². The van der Waals surface area contributed by atoms with Gasteiger partial charge in [-0.05, 0) is 30.5 Å². The van der Waals surface area contributed by atoms with E-state index in [-0.39, 0.29) is 16.9 Å². The maximum atomic E-state index is 12.0. The molecule has 1 atom stereocenters. The van der Waals surface area contributed by atoms with E-state index in [4.69, 9.17) is 5.73 Å². The minimum Gasteiger partial charge on any atom is -0.397 e. The lowest BCUT2D eigenvalue weighted by Crippen LogP contribution is -2.25. The molecule has 1 aromatic carbocycles. The Morgan fingerprint density at radius 3 is 2.89 bits per heavy atom. The third kappa shape index (κ3) is 3.29. The molecule has 1 fully saturated rings. The number of aryl methyl sites for hydroxylation is 1. The maximum Gasteiger partial charge on any atom is 0.227 e. The maximum absolute atomic E-state index is 12.0. The van der Waals surface area contributed by atoms with E-state index < -0.39 is 0 Å². The number of rotatable bonds is 3. The van der Waals surface area contributed by atoms with Gasteiger partial charge < -0.3 is 10.6 Å². The van der Waals surface area contributed by atoms with Crippen LogP contribution in [0.15, 0.2) is 18.2 Å². The number of benzene rings is 1. The van der Waals surface area contributed by atoms with Crippen molar-refractivity contribution in [1.82, 2.24) is 0 Å². The summed E-state index contributed by atoms with van der Waals surface area (Å²) in [5.41, 5.74) is 8.47. The van der Waals surface area contributed by atoms with E-state index in [9.17, 15) is 9.59 Å². The summed E-state index contributed by atoms with van der Waals surface area (Å²) in [6, 6.07) is 5.72. The summed E-state index contributed by atoms with van der Waals surface area (Å²) in [4.78, 5) is 24.7. The molecule has 1 aliphatic rings. The van der Waals surface area contributed by atoms with Crippen molar-refractivity contribution in [3.8, 4) is 0 Å². The highest BCUT2D eigenvalue weighted by molar-refractivity contribution is 8.13. The minimum absolute atomic E-state index is 0.0877. The quantitative estimate of drug-likeness (QED) is 0.861. The average Bonchev–Trinajstić information content (AvgIpc) is 2.68. The first-order valence-corrected chi connectivity index (χ1v) is 7.26. The number of carbonyl (C=O) groups is 2. The van der Waals surface area contributed by atoms with Crippen molar-refractivity contribution >= 4 is 34.2 Å². The Balaban J connectivity index is 2.09. The van der Waals surface area contributed by atoms with Crippen LogP contribution < -0.4 is 10.6 Å². The lowest BCUT2D eigenvalue weighted by atomic mass is 10.1. The van der Waals surface area contributed by atoms with Gasteiger partial charge >= 0.3 is 0 Å². The molecule has 1 saturated heterocycles. The predicted molar refractivity (Wildman–Crippen MR) is 79.2 cm³/mol. The first-order chi connectivity index (χ1) is 8.97. The molecule has 1 unspecified atom stereocenters. The SMILES string of the molecule is CC(=O)SCC1CC(=O)N(c2ccc(C)cc2N)C1. The molecule has 0 aliphatic carbocycles. The van der Waals surface area contributed by atoms with Gasteiger partial charge in [0.1, 0.15) is 0 Å². The Hall–Kier alpha value is -1.49. The number of thioether (sulfide) groups is 1. The Kier molecular flexibility index (Phi) is 4.14. The van der Waals surface area contributed by atoms with Crippen LogP contribution in [0.2, 0.25) is 0 Å². The largest absolute Gasteiger partial charge is 0.397 e. The van der Waals surface area contributed by atoms with Gasteiger partial charge in [0.05, 0.1) is 11.4 Å². The number of amides is 1. The zero-order chi connectivity index (χ0) is 14.0. The molecule has 1 amide bonds. The molecule has 0 radical (unpaired) electrons. The molecule has 2 rings (SSSR count). The van der Waals surface area contributed by atoms with Crippen molar-refractivity contribution in [3.05, 3.63) is 23.8 Å². The molecule has 0 saturated carbocycles. The van der Waals surface area contributed by atoms with Gasteiger partial charge in [0, 0.05) is 25.6 Å². The molecule has 4 nitrogen and oxygen atoms in total. The fraction of sp³-hybridized carbons (Fsp3) is 0.429. The van der Waals surface area contributed by atoms with Crippen molar-refractivity contribution in [3.63, 3.8) is 0 Å². The Bertz CT molecular complexity index is 516. The van der Waals surface area contributed by atoms with Gasteiger partial charge in [-0.25, -0.2) is 0 Å². The van der Waals surface area contributed by atoms with Crippen molar-refractivity contribution in [2.24, 2.45) is 5.92 Å². The molecule has 0 aromatic heterocycles. The number of anilines is 2. The zero-order valence-electron chi connectivity index (χ0n) is 11.2. The number of nitrogen functional groups attached to an aromatic ring is 1. The molecule has 5 heteroatoms. The van der Waals surface area contributed by atoms with E-state index in [1.54, 1.807) is 11.8 Å². The van der Waals surface area contributed by atoms with Crippen molar-refractivity contribution in [2.45, 2.75) is 20.3 Å². The average molecular weight is 278 g/mol. The van der Waals surface area contributed by atoms with Gasteiger partial charge in [0.2, 0.25) is 5.91 Å². The molecule has 1 aliphatic heterocycles. The molecular weight excluding hydrogens is 260 g/mol. The van der Waals surface area contributed by atoms with Crippen LogP contribution in [0.3, 0.4) is 0 Å². The van der Waals surface area contributed by atoms with E-state index in [0.717, 1.165) is 11.3 Å². The number of nitrogens with zero attached hydrogens (tertiary/aromatic N) is 1. The fourth-order valence-corrected chi connectivity index (χ4v) is 2.97. The van der Waals surface area contributed by atoms with Crippen molar-refractivity contribution < 1.29 is 9.59 Å². The summed E-state index contributed by atoms with van der Waals surface area (Å²) in [7, 11) is 0. The van der Waals surface area contributed by atoms with E-state index in [2.05, 4.69) is 0 Å². The molecule has 1 aromatic rings. The van der Waals surface area contributed by atoms with Crippen molar-refractivity contribution in [1.29, 1.82) is 0 Å². The highest BCUT2D eigenvalue weighted by Crippen LogP contribution is 2.31. The smallest absolute Gasteiger partial charge is 0.227 e. The standard InChI is InChI=1S/C14H18N2O2S/c1-9-3-4-13(12(15)5-9)16-7-11(6-14(16)18)8-19-10(2)17/h3-5,11H,6-8,15H2,1-2H3. The zero-order valence-corrected chi connectivity index (χ0v) is 12.0. The van der Waals surface area contributed by atoms with Gasteiger partial charge in [-0.1, -0.05) is 17.8 Å². The van der Waals surface area contributed by atoms with Gasteiger partial charge in [-0.3, -0.25) is 9.59 Å². The van der Waals surface area contributed by atoms with Crippen molar-refractivity contribution in [2.75, 3.05) is 22.9 Å². The topological polar surface area (TPSA) is 63.4 Å². The van der Waals surface area contributed by atoms with Gasteiger partial charge in [0.15, 0.2) is 5.12 Å². The molecule has 102 valence electrons. The van der Waals surface area contributed by atoms with Crippen LogP contribution in [0.1, 0.15) is 18.9 Å². The lowest BCUT2D eigenvalue weighted by Gasteiger charge is -2.19. The van der Waals surface area contributed by atoms with E-state index in [0.29, 0.717) is 24.4 Å². The monoisotopic (exact) mass is 278 g/mol. The second kappa shape index (κ2) is 5.65.